The van der Waals surface area contributed by atoms with Crippen LogP contribution in [0.1, 0.15) is 25.2 Å². The van der Waals surface area contributed by atoms with E-state index in [4.69, 9.17) is 4.42 Å². The van der Waals surface area contributed by atoms with Crippen molar-refractivity contribution in [3.05, 3.63) is 35.9 Å². The Balaban J connectivity index is 2.05. The summed E-state index contributed by atoms with van der Waals surface area (Å²) >= 11 is 0. The van der Waals surface area contributed by atoms with Gasteiger partial charge in [0.15, 0.2) is 5.03 Å². The predicted molar refractivity (Wildman–Crippen MR) is 78.2 cm³/mol. The first kappa shape index (κ1) is 15.7. The summed E-state index contributed by atoms with van der Waals surface area (Å²) in [6.07, 6.45) is 3.58. The minimum atomic E-state index is -3.63. The minimum absolute atomic E-state index is 0.106. The lowest BCUT2D eigenvalue weighted by Gasteiger charge is -2.13. The van der Waals surface area contributed by atoms with Gasteiger partial charge in [-0.05, 0) is 25.6 Å². The van der Waals surface area contributed by atoms with Crippen molar-refractivity contribution < 1.29 is 12.8 Å². The summed E-state index contributed by atoms with van der Waals surface area (Å²) in [5.74, 6) is 0.739. The first-order chi connectivity index (χ1) is 10.0. The fourth-order valence-corrected chi connectivity index (χ4v) is 3.39. The molecule has 1 unspecified atom stereocenters. The second kappa shape index (κ2) is 6.88. The molecule has 2 aromatic heterocycles. The van der Waals surface area contributed by atoms with Gasteiger partial charge in [-0.3, -0.25) is 5.10 Å². The SMILES string of the molecule is CCNCc1cn[nH]c1S(=O)(=O)NC(C)Cc1ccco1. The van der Waals surface area contributed by atoms with Crippen molar-refractivity contribution in [2.24, 2.45) is 0 Å². The molecule has 2 rings (SSSR count). The Morgan fingerprint density at radius 2 is 2.29 bits per heavy atom. The van der Waals surface area contributed by atoms with Crippen molar-refractivity contribution in [3.8, 4) is 0 Å². The van der Waals surface area contributed by atoms with Crippen LogP contribution < -0.4 is 10.0 Å². The molecule has 2 aromatic rings. The van der Waals surface area contributed by atoms with E-state index in [1.54, 1.807) is 19.3 Å². The van der Waals surface area contributed by atoms with Gasteiger partial charge in [0.05, 0.1) is 12.5 Å². The highest BCUT2D eigenvalue weighted by molar-refractivity contribution is 7.89. The van der Waals surface area contributed by atoms with Crippen molar-refractivity contribution >= 4 is 10.0 Å². The summed E-state index contributed by atoms with van der Waals surface area (Å²) in [7, 11) is -3.63. The van der Waals surface area contributed by atoms with Crippen LogP contribution in [0.25, 0.3) is 0 Å². The normalized spacial score (nSPS) is 13.4. The zero-order chi connectivity index (χ0) is 15.3. The standard InChI is InChI=1S/C13H20N4O3S/c1-3-14-8-11-9-15-16-13(11)21(18,19)17-10(2)7-12-5-4-6-20-12/h4-6,9-10,14,17H,3,7-8H2,1-2H3,(H,15,16). The number of rotatable bonds is 8. The van der Waals surface area contributed by atoms with E-state index < -0.39 is 10.0 Å². The molecule has 0 saturated heterocycles. The van der Waals surface area contributed by atoms with Crippen LogP contribution >= 0.6 is 0 Å². The fraction of sp³-hybridized carbons (Fsp3) is 0.462. The van der Waals surface area contributed by atoms with E-state index in [0.29, 0.717) is 18.5 Å². The van der Waals surface area contributed by atoms with E-state index in [1.807, 2.05) is 13.0 Å². The predicted octanol–water partition coefficient (Wildman–Crippen LogP) is 1.02. The molecule has 0 aliphatic rings. The molecule has 1 atom stereocenters. The van der Waals surface area contributed by atoms with Gasteiger partial charge in [-0.2, -0.15) is 5.10 Å². The van der Waals surface area contributed by atoms with Crippen LogP contribution in [0.2, 0.25) is 0 Å². The number of hydrogen-bond donors (Lipinski definition) is 3. The molecule has 0 radical (unpaired) electrons. The molecule has 0 aliphatic carbocycles. The molecule has 21 heavy (non-hydrogen) atoms. The number of hydrogen-bond acceptors (Lipinski definition) is 5. The van der Waals surface area contributed by atoms with Gasteiger partial charge in [0.2, 0.25) is 0 Å². The van der Waals surface area contributed by atoms with E-state index in [1.165, 1.54) is 6.20 Å². The lowest BCUT2D eigenvalue weighted by molar-refractivity contribution is 0.478. The summed E-state index contributed by atoms with van der Waals surface area (Å²) in [6, 6.07) is 3.31. The van der Waals surface area contributed by atoms with Crippen LogP contribution in [0.4, 0.5) is 0 Å². The van der Waals surface area contributed by atoms with Crippen LogP contribution in [0.5, 0.6) is 0 Å². The van der Waals surface area contributed by atoms with E-state index in [-0.39, 0.29) is 11.1 Å². The zero-order valence-electron chi connectivity index (χ0n) is 12.1. The maximum Gasteiger partial charge on any atom is 0.258 e. The van der Waals surface area contributed by atoms with E-state index in [9.17, 15) is 8.42 Å². The van der Waals surface area contributed by atoms with Crippen molar-refractivity contribution in [3.63, 3.8) is 0 Å². The topological polar surface area (TPSA) is 100 Å². The van der Waals surface area contributed by atoms with Gasteiger partial charge >= 0.3 is 0 Å². The Hall–Kier alpha value is -1.64. The molecular formula is C13H20N4O3S. The molecule has 2 heterocycles. The van der Waals surface area contributed by atoms with Gasteiger partial charge in [0.1, 0.15) is 5.76 Å². The fourth-order valence-electron chi connectivity index (χ4n) is 2.01. The van der Waals surface area contributed by atoms with Crippen LogP contribution in [0.15, 0.2) is 34.0 Å². The van der Waals surface area contributed by atoms with Gasteiger partial charge in [-0.15, -0.1) is 0 Å². The third-order valence-corrected chi connectivity index (χ3v) is 4.56. The van der Waals surface area contributed by atoms with Crippen molar-refractivity contribution in [2.75, 3.05) is 6.54 Å². The largest absolute Gasteiger partial charge is 0.469 e. The second-order valence-corrected chi connectivity index (χ2v) is 6.46. The average molecular weight is 312 g/mol. The van der Waals surface area contributed by atoms with Crippen LogP contribution in [-0.2, 0) is 23.0 Å². The lowest BCUT2D eigenvalue weighted by Crippen LogP contribution is -2.35. The molecule has 0 fully saturated rings. The smallest absolute Gasteiger partial charge is 0.258 e. The molecule has 0 spiro atoms. The summed E-state index contributed by atoms with van der Waals surface area (Å²) in [5, 5.41) is 9.57. The quantitative estimate of drug-likeness (QED) is 0.676. The molecule has 0 amide bonds. The molecule has 8 heteroatoms. The van der Waals surface area contributed by atoms with E-state index in [0.717, 1.165) is 12.3 Å². The Labute approximate surface area is 124 Å². The summed E-state index contributed by atoms with van der Waals surface area (Å²) < 4.78 is 32.6. The average Bonchev–Trinajstić information content (AvgIpc) is 3.06. The Morgan fingerprint density at radius 1 is 1.48 bits per heavy atom. The molecule has 3 N–H and O–H groups in total. The van der Waals surface area contributed by atoms with Gasteiger partial charge in [0, 0.05) is 24.6 Å². The molecule has 7 nitrogen and oxygen atoms in total. The number of furan rings is 1. The first-order valence-corrected chi connectivity index (χ1v) is 8.29. The lowest BCUT2D eigenvalue weighted by atomic mass is 10.2. The highest BCUT2D eigenvalue weighted by atomic mass is 32.2. The second-order valence-electron chi connectivity index (χ2n) is 4.81. The van der Waals surface area contributed by atoms with Gasteiger partial charge in [0.25, 0.3) is 10.0 Å². The monoisotopic (exact) mass is 312 g/mol. The van der Waals surface area contributed by atoms with Crippen molar-refractivity contribution in [2.45, 2.75) is 37.9 Å². The Bertz CT molecular complexity index is 649. The molecule has 0 bridgehead atoms. The van der Waals surface area contributed by atoms with Crippen LogP contribution in [0.3, 0.4) is 0 Å². The number of nitrogens with one attached hydrogen (secondary N) is 3. The number of aromatic amines is 1. The number of nitrogens with zero attached hydrogens (tertiary/aromatic N) is 1. The first-order valence-electron chi connectivity index (χ1n) is 6.80. The molecule has 0 aliphatic heterocycles. The summed E-state index contributed by atoms with van der Waals surface area (Å²) in [5.41, 5.74) is 0.620. The minimum Gasteiger partial charge on any atom is -0.469 e. The maximum absolute atomic E-state index is 12.4. The van der Waals surface area contributed by atoms with Crippen LogP contribution in [-0.4, -0.2) is 31.2 Å². The maximum atomic E-state index is 12.4. The molecule has 116 valence electrons. The van der Waals surface area contributed by atoms with Crippen molar-refractivity contribution in [1.29, 1.82) is 0 Å². The molecular weight excluding hydrogens is 292 g/mol. The zero-order valence-corrected chi connectivity index (χ0v) is 12.9. The number of aromatic nitrogens is 2. The third kappa shape index (κ3) is 4.16. The van der Waals surface area contributed by atoms with E-state index >= 15 is 0 Å². The van der Waals surface area contributed by atoms with E-state index in [2.05, 4.69) is 20.2 Å². The highest BCUT2D eigenvalue weighted by Gasteiger charge is 2.23. The third-order valence-electron chi connectivity index (χ3n) is 2.96. The highest BCUT2D eigenvalue weighted by Crippen LogP contribution is 2.13. The number of sulfonamides is 1. The molecule has 0 saturated carbocycles. The summed E-state index contributed by atoms with van der Waals surface area (Å²) in [4.78, 5) is 0. The Kier molecular flexibility index (Phi) is 5.16. The van der Waals surface area contributed by atoms with Crippen LogP contribution in [0, 0.1) is 0 Å². The van der Waals surface area contributed by atoms with Gasteiger partial charge in [-0.25, -0.2) is 13.1 Å². The van der Waals surface area contributed by atoms with Crippen molar-refractivity contribution in [1.82, 2.24) is 20.2 Å². The van der Waals surface area contributed by atoms with Gasteiger partial charge in [-0.1, -0.05) is 6.92 Å². The number of H-pyrrole nitrogens is 1. The Morgan fingerprint density at radius 3 is 2.95 bits per heavy atom. The molecule has 0 aromatic carbocycles. The summed E-state index contributed by atoms with van der Waals surface area (Å²) in [6.45, 7) is 4.96. The van der Waals surface area contributed by atoms with Gasteiger partial charge < -0.3 is 9.73 Å².